The van der Waals surface area contributed by atoms with Gasteiger partial charge < -0.3 is 57.8 Å². The second-order valence-electron chi connectivity index (χ2n) is 8.27. The van der Waals surface area contributed by atoms with Crippen molar-refractivity contribution in [2.45, 2.75) is 6.92 Å². The number of rotatable bonds is 31. The van der Waals surface area contributed by atoms with Crippen molar-refractivity contribution in [1.82, 2.24) is 0 Å². The number of carbonyl (C=O) groups is 1. The van der Waals surface area contributed by atoms with E-state index in [0.717, 1.165) is 5.75 Å². The van der Waals surface area contributed by atoms with Gasteiger partial charge in [0.1, 0.15) is 19.0 Å². The molecule has 1 aromatic rings. The summed E-state index contributed by atoms with van der Waals surface area (Å²) in [5, 5.41) is 0. The molecule has 0 unspecified atom stereocenters. The molecular weight excluding hydrogens is 542 g/mol. The summed E-state index contributed by atoms with van der Waals surface area (Å²) in [4.78, 5) is 10.6. The van der Waals surface area contributed by atoms with Crippen molar-refractivity contribution in [3.63, 3.8) is 0 Å². The Morgan fingerprint density at radius 3 is 1.02 bits per heavy atom. The lowest BCUT2D eigenvalue weighted by atomic mass is 10.3. The summed E-state index contributed by atoms with van der Waals surface area (Å²) in [5.74, 6) is 0.458. The number of esters is 1. The van der Waals surface area contributed by atoms with Crippen LogP contribution in [-0.4, -0.2) is 138 Å². The fourth-order valence-electron chi connectivity index (χ4n) is 2.89. The summed E-state index contributed by atoms with van der Waals surface area (Å²) < 4.78 is 59.1. The molecule has 1 rings (SSSR count). The Morgan fingerprint density at radius 1 is 0.463 bits per heavy atom. The van der Waals surface area contributed by atoms with Crippen molar-refractivity contribution in [3.8, 4) is 5.75 Å². The number of nitrogens with two attached hydrogens (primary N) is 1. The quantitative estimate of drug-likeness (QED) is 0.0754. The lowest BCUT2D eigenvalue weighted by Gasteiger charge is -2.09. The van der Waals surface area contributed by atoms with Crippen molar-refractivity contribution < 1.29 is 56.9 Å². The molecule has 0 fully saturated rings. The van der Waals surface area contributed by atoms with Crippen LogP contribution in [0.4, 0.5) is 5.69 Å². The monoisotopic (exact) mass is 591 g/mol. The maximum absolute atomic E-state index is 10.6. The zero-order valence-corrected chi connectivity index (χ0v) is 24.4. The normalized spacial score (nSPS) is 11.1. The Kier molecular flexibility index (Phi) is 26.5. The van der Waals surface area contributed by atoms with Gasteiger partial charge >= 0.3 is 5.97 Å². The lowest BCUT2D eigenvalue weighted by molar-refractivity contribution is -0.142. The first-order valence-corrected chi connectivity index (χ1v) is 14.0. The van der Waals surface area contributed by atoms with Crippen LogP contribution in [0.5, 0.6) is 5.75 Å². The highest BCUT2D eigenvalue weighted by atomic mass is 16.6. The highest BCUT2D eigenvalue weighted by molar-refractivity contribution is 5.65. The summed E-state index contributed by atoms with van der Waals surface area (Å²) in [6.45, 7) is 10.8. The molecule has 0 amide bonds. The predicted octanol–water partition coefficient (Wildman–Crippen LogP) is 1.36. The molecule has 0 atom stereocenters. The van der Waals surface area contributed by atoms with Gasteiger partial charge in [-0.1, -0.05) is 0 Å². The summed E-state index contributed by atoms with van der Waals surface area (Å²) in [7, 11) is 0. The van der Waals surface area contributed by atoms with Gasteiger partial charge in [0, 0.05) is 12.6 Å². The standard InChI is InChI=1S/C28H49NO12/c1-26(30)40-24-22-38-20-18-36-16-14-34-12-10-32-8-6-31-7-9-33-11-13-35-15-17-37-19-21-39-23-25-41-28-4-2-27(29)3-5-28/h2-5H,6-25,29H2,1H3. The van der Waals surface area contributed by atoms with Gasteiger partial charge in [-0.2, -0.15) is 0 Å². The van der Waals surface area contributed by atoms with E-state index in [1.165, 1.54) is 6.92 Å². The number of ether oxygens (including phenoxy) is 11. The molecule has 41 heavy (non-hydrogen) atoms. The van der Waals surface area contributed by atoms with Gasteiger partial charge in [-0.3, -0.25) is 4.79 Å². The van der Waals surface area contributed by atoms with Crippen LogP contribution in [0.15, 0.2) is 24.3 Å². The van der Waals surface area contributed by atoms with Crippen molar-refractivity contribution in [3.05, 3.63) is 24.3 Å². The third kappa shape index (κ3) is 27.9. The van der Waals surface area contributed by atoms with Gasteiger partial charge in [-0.05, 0) is 24.3 Å². The molecule has 0 radical (unpaired) electrons. The zero-order valence-electron chi connectivity index (χ0n) is 24.4. The minimum atomic E-state index is -0.311. The molecule has 0 aromatic heterocycles. The van der Waals surface area contributed by atoms with Gasteiger partial charge in [0.05, 0.1) is 119 Å². The molecule has 0 heterocycles. The second kappa shape index (κ2) is 29.4. The molecule has 2 N–H and O–H groups in total. The zero-order chi connectivity index (χ0) is 29.5. The van der Waals surface area contributed by atoms with E-state index < -0.39 is 0 Å². The molecule has 0 aliphatic rings. The largest absolute Gasteiger partial charge is 0.491 e. The first-order valence-electron chi connectivity index (χ1n) is 14.0. The molecule has 1 aromatic carbocycles. The van der Waals surface area contributed by atoms with Crippen molar-refractivity contribution in [1.29, 1.82) is 0 Å². The predicted molar refractivity (Wildman–Crippen MR) is 150 cm³/mol. The van der Waals surface area contributed by atoms with Crippen LogP contribution in [0, 0.1) is 0 Å². The highest BCUT2D eigenvalue weighted by Gasteiger charge is 1.97. The molecule has 0 saturated carbocycles. The Hall–Kier alpha value is -2.07. The fraction of sp³-hybridized carbons (Fsp3) is 0.750. The summed E-state index contributed by atoms with van der Waals surface area (Å²) >= 11 is 0. The number of carbonyl (C=O) groups excluding carboxylic acids is 1. The van der Waals surface area contributed by atoms with E-state index in [9.17, 15) is 4.79 Å². The number of anilines is 1. The smallest absolute Gasteiger partial charge is 0.302 e. The van der Waals surface area contributed by atoms with Crippen LogP contribution < -0.4 is 10.5 Å². The Morgan fingerprint density at radius 2 is 0.732 bits per heavy atom. The van der Waals surface area contributed by atoms with Gasteiger partial charge in [0.25, 0.3) is 0 Å². The van der Waals surface area contributed by atoms with E-state index in [0.29, 0.717) is 131 Å². The highest BCUT2D eigenvalue weighted by Crippen LogP contribution is 2.12. The number of nitrogen functional groups attached to an aromatic ring is 1. The SMILES string of the molecule is CC(=O)OCCOCCOCCOCCOCCOCCOCCOCCOCCOCCOc1ccc(N)cc1. The van der Waals surface area contributed by atoms with Gasteiger partial charge in [0.2, 0.25) is 0 Å². The molecule has 238 valence electrons. The van der Waals surface area contributed by atoms with Crippen LogP contribution in [-0.2, 0) is 52.2 Å². The van der Waals surface area contributed by atoms with Gasteiger partial charge in [-0.15, -0.1) is 0 Å². The molecule has 0 spiro atoms. The molecular formula is C28H49NO12. The second-order valence-corrected chi connectivity index (χ2v) is 8.27. The minimum absolute atomic E-state index is 0.258. The van der Waals surface area contributed by atoms with E-state index >= 15 is 0 Å². The molecule has 13 nitrogen and oxygen atoms in total. The number of hydrogen-bond acceptors (Lipinski definition) is 13. The van der Waals surface area contributed by atoms with Gasteiger partial charge in [0.15, 0.2) is 0 Å². The summed E-state index contributed by atoms with van der Waals surface area (Å²) in [6, 6.07) is 7.25. The average Bonchev–Trinajstić information content (AvgIpc) is 2.96. The van der Waals surface area contributed by atoms with Crippen molar-refractivity contribution >= 4 is 11.7 Å². The summed E-state index contributed by atoms with van der Waals surface area (Å²) in [5.41, 5.74) is 6.34. The van der Waals surface area contributed by atoms with Crippen LogP contribution in [0.3, 0.4) is 0 Å². The van der Waals surface area contributed by atoms with Crippen molar-refractivity contribution in [2.75, 3.05) is 138 Å². The molecule has 13 heteroatoms. The topological polar surface area (TPSA) is 145 Å². The fourth-order valence-corrected chi connectivity index (χ4v) is 2.89. The maximum atomic E-state index is 10.6. The van der Waals surface area contributed by atoms with Crippen LogP contribution >= 0.6 is 0 Å². The Balaban J connectivity index is 1.64. The number of benzene rings is 1. The number of hydrogen-bond donors (Lipinski definition) is 1. The first-order chi connectivity index (χ1) is 20.2. The molecule has 0 aliphatic heterocycles. The van der Waals surface area contributed by atoms with E-state index in [2.05, 4.69) is 0 Å². The minimum Gasteiger partial charge on any atom is -0.491 e. The third-order valence-corrected chi connectivity index (χ3v) is 4.89. The van der Waals surface area contributed by atoms with E-state index in [1.54, 1.807) is 12.1 Å². The van der Waals surface area contributed by atoms with E-state index in [1.807, 2.05) is 12.1 Å². The van der Waals surface area contributed by atoms with E-state index in [4.69, 9.17) is 57.8 Å². The Bertz CT molecular complexity index is 695. The van der Waals surface area contributed by atoms with Gasteiger partial charge in [-0.25, -0.2) is 0 Å². The Labute approximate surface area is 243 Å². The van der Waals surface area contributed by atoms with E-state index in [-0.39, 0.29) is 12.6 Å². The third-order valence-electron chi connectivity index (χ3n) is 4.89. The molecule has 0 aliphatic carbocycles. The van der Waals surface area contributed by atoms with Crippen LogP contribution in [0.1, 0.15) is 6.92 Å². The van der Waals surface area contributed by atoms with Crippen LogP contribution in [0.2, 0.25) is 0 Å². The van der Waals surface area contributed by atoms with Crippen LogP contribution in [0.25, 0.3) is 0 Å². The molecule has 0 bridgehead atoms. The summed E-state index contributed by atoms with van der Waals surface area (Å²) in [6.07, 6.45) is 0. The average molecular weight is 592 g/mol. The maximum Gasteiger partial charge on any atom is 0.302 e. The lowest BCUT2D eigenvalue weighted by Crippen LogP contribution is -2.15. The molecule has 0 saturated heterocycles. The first kappa shape index (κ1) is 37.0. The van der Waals surface area contributed by atoms with Crippen molar-refractivity contribution in [2.24, 2.45) is 0 Å².